The lowest BCUT2D eigenvalue weighted by atomic mass is 9.53. The molecule has 2 bridgehead atoms. The van der Waals surface area contributed by atoms with E-state index in [-0.39, 0.29) is 0 Å². The molecule has 0 aromatic heterocycles. The van der Waals surface area contributed by atoms with Gasteiger partial charge in [-0.3, -0.25) is 5.41 Å². The number of hydrogen-bond acceptors (Lipinski definition) is 7. The Balaban J connectivity index is 2.37. The largest absolute Gasteiger partial charge is 0.496 e. The van der Waals surface area contributed by atoms with E-state index in [0.29, 0.717) is 17.7 Å². The molecule has 2 heterocycles. The summed E-state index contributed by atoms with van der Waals surface area (Å²) in [5.74, 6) is -1.87. The highest BCUT2D eigenvalue weighted by Crippen LogP contribution is 2.67. The van der Waals surface area contributed by atoms with Crippen LogP contribution in [0.4, 0.5) is 0 Å². The van der Waals surface area contributed by atoms with Gasteiger partial charge in [0.15, 0.2) is 5.41 Å². The summed E-state index contributed by atoms with van der Waals surface area (Å²) >= 11 is 0. The van der Waals surface area contributed by atoms with Gasteiger partial charge in [0.1, 0.15) is 11.9 Å². The maximum absolute atomic E-state index is 10.0. The molecule has 0 saturated carbocycles. The van der Waals surface area contributed by atoms with Crippen LogP contribution in [-0.2, 0) is 9.47 Å². The molecule has 7 nitrogen and oxygen atoms in total. The van der Waals surface area contributed by atoms with Gasteiger partial charge in [-0.1, -0.05) is 32.0 Å². The Bertz CT molecular complexity index is 879. The van der Waals surface area contributed by atoms with Crippen molar-refractivity contribution in [3.05, 3.63) is 29.8 Å². The van der Waals surface area contributed by atoms with E-state index in [1.807, 2.05) is 19.1 Å². The molecule has 0 aliphatic carbocycles. The summed E-state index contributed by atoms with van der Waals surface area (Å²) in [4.78, 5) is 0. The molecule has 0 spiro atoms. The van der Waals surface area contributed by atoms with Gasteiger partial charge in [0.25, 0.3) is 0 Å². The minimum Gasteiger partial charge on any atom is -0.496 e. The molecule has 7 heteroatoms. The first-order chi connectivity index (χ1) is 12.4. The van der Waals surface area contributed by atoms with Gasteiger partial charge < -0.3 is 14.2 Å². The highest BCUT2D eigenvalue weighted by atomic mass is 16.7. The molecule has 1 aromatic carbocycles. The van der Waals surface area contributed by atoms with Gasteiger partial charge in [-0.25, -0.2) is 0 Å². The minimum absolute atomic E-state index is 0.360. The molecule has 1 N–H and O–H groups in total. The number of benzene rings is 1. The van der Waals surface area contributed by atoms with Crippen molar-refractivity contribution < 1.29 is 14.2 Å². The molecule has 0 amide bonds. The summed E-state index contributed by atoms with van der Waals surface area (Å²) in [5.41, 5.74) is -3.22. The molecule has 4 atom stereocenters. The fourth-order valence-electron chi connectivity index (χ4n) is 4.21. The second-order valence-corrected chi connectivity index (χ2v) is 6.51. The Morgan fingerprint density at radius 1 is 1.19 bits per heavy atom. The maximum Gasteiger partial charge on any atom is 0.217 e. The van der Waals surface area contributed by atoms with Crippen LogP contribution in [0.15, 0.2) is 24.3 Å². The van der Waals surface area contributed by atoms with E-state index >= 15 is 0 Å². The highest BCUT2D eigenvalue weighted by molar-refractivity contribution is 5.89. The molecule has 2 aliphatic rings. The number of ether oxygens (including phenoxy) is 3. The van der Waals surface area contributed by atoms with Crippen LogP contribution in [0.3, 0.4) is 0 Å². The van der Waals surface area contributed by atoms with Crippen molar-refractivity contribution in [2.75, 3.05) is 7.11 Å². The van der Waals surface area contributed by atoms with Crippen LogP contribution < -0.4 is 4.74 Å². The third kappa shape index (κ3) is 1.75. The van der Waals surface area contributed by atoms with Crippen LogP contribution in [0.2, 0.25) is 0 Å². The SMILES string of the molecule is CCC12OC(=N)C(C#N)(C1C)C(C#N)(C#N)C(c1ccccc1OC)O2. The van der Waals surface area contributed by atoms with Crippen LogP contribution in [0.25, 0.3) is 0 Å². The smallest absolute Gasteiger partial charge is 0.217 e. The number of nitriles is 3. The van der Waals surface area contributed by atoms with Crippen molar-refractivity contribution in [2.24, 2.45) is 16.7 Å². The highest BCUT2D eigenvalue weighted by Gasteiger charge is 2.79. The van der Waals surface area contributed by atoms with Gasteiger partial charge in [-0.05, 0) is 6.07 Å². The number of nitrogens with zero attached hydrogens (tertiary/aromatic N) is 3. The minimum atomic E-state index is -1.96. The van der Waals surface area contributed by atoms with Crippen molar-refractivity contribution in [1.82, 2.24) is 0 Å². The van der Waals surface area contributed by atoms with Crippen LogP contribution >= 0.6 is 0 Å². The van der Waals surface area contributed by atoms with Gasteiger partial charge >= 0.3 is 0 Å². The summed E-state index contributed by atoms with van der Waals surface area (Å²) in [6.07, 6.45) is -0.745. The number of nitrogens with one attached hydrogen (secondary N) is 1. The lowest BCUT2D eigenvalue weighted by molar-refractivity contribution is -0.280. The first kappa shape index (κ1) is 17.7. The molecule has 0 radical (unpaired) electrons. The van der Waals surface area contributed by atoms with Gasteiger partial charge in [0.05, 0.1) is 31.2 Å². The van der Waals surface area contributed by atoms with Crippen molar-refractivity contribution in [3.8, 4) is 24.0 Å². The molecule has 2 fully saturated rings. The lowest BCUT2D eigenvalue weighted by Crippen LogP contribution is -2.58. The Labute approximate surface area is 151 Å². The van der Waals surface area contributed by atoms with Gasteiger partial charge in [-0.15, -0.1) is 0 Å². The Morgan fingerprint density at radius 3 is 2.38 bits per heavy atom. The van der Waals surface area contributed by atoms with E-state index in [2.05, 4.69) is 6.07 Å². The summed E-state index contributed by atoms with van der Waals surface area (Å²) in [5, 5.41) is 38.5. The predicted octanol–water partition coefficient (Wildman–Crippen LogP) is 3.06. The standard InChI is InChI=1S/C19H18N4O3/c1-4-19-12(2)18(11-22,16(23)26-19)17(9-20,10-21)15(25-19)13-7-5-6-8-14(13)24-3/h5-8,12,15,23H,4H2,1-3H3. The predicted molar refractivity (Wildman–Crippen MR) is 89.5 cm³/mol. The summed E-state index contributed by atoms with van der Waals surface area (Å²) < 4.78 is 17.3. The Hall–Kier alpha value is -3.08. The third-order valence-corrected chi connectivity index (χ3v) is 5.72. The topological polar surface area (TPSA) is 123 Å². The zero-order chi connectivity index (χ0) is 19.2. The van der Waals surface area contributed by atoms with Crippen LogP contribution in [0.5, 0.6) is 5.75 Å². The first-order valence-electron chi connectivity index (χ1n) is 8.25. The van der Waals surface area contributed by atoms with Crippen LogP contribution in [0.1, 0.15) is 31.9 Å². The van der Waals surface area contributed by atoms with E-state index in [0.717, 1.165) is 0 Å². The van der Waals surface area contributed by atoms with Crippen molar-refractivity contribution in [2.45, 2.75) is 32.2 Å². The number of rotatable bonds is 3. The maximum atomic E-state index is 10.0. The van der Waals surface area contributed by atoms with E-state index < -0.39 is 34.5 Å². The van der Waals surface area contributed by atoms with Gasteiger partial charge in [0.2, 0.25) is 17.1 Å². The molecule has 1 aromatic rings. The summed E-state index contributed by atoms with van der Waals surface area (Å²) in [6, 6.07) is 13.0. The molecule has 26 heavy (non-hydrogen) atoms. The van der Waals surface area contributed by atoms with E-state index in [4.69, 9.17) is 19.6 Å². The molecular formula is C19H18N4O3. The summed E-state index contributed by atoms with van der Waals surface area (Å²) in [7, 11) is 1.48. The third-order valence-electron chi connectivity index (χ3n) is 5.72. The molecular weight excluding hydrogens is 332 g/mol. The second kappa shape index (κ2) is 5.73. The fourth-order valence-corrected chi connectivity index (χ4v) is 4.21. The second-order valence-electron chi connectivity index (χ2n) is 6.51. The molecule has 4 unspecified atom stereocenters. The van der Waals surface area contributed by atoms with E-state index in [9.17, 15) is 15.8 Å². The zero-order valence-electron chi connectivity index (χ0n) is 14.7. The number of hydrogen-bond donors (Lipinski definition) is 1. The number of fused-ring (bicyclic) bond motifs is 2. The van der Waals surface area contributed by atoms with Gasteiger partial charge in [-0.2, -0.15) is 15.8 Å². The monoisotopic (exact) mass is 350 g/mol. The van der Waals surface area contributed by atoms with Crippen LogP contribution in [0, 0.1) is 56.2 Å². The van der Waals surface area contributed by atoms with Gasteiger partial charge in [0, 0.05) is 12.0 Å². The quantitative estimate of drug-likeness (QED) is 0.893. The van der Waals surface area contributed by atoms with E-state index in [1.54, 1.807) is 31.2 Å². The number of methoxy groups -OCH3 is 1. The lowest BCUT2D eigenvalue weighted by Gasteiger charge is -2.48. The molecule has 2 saturated heterocycles. The first-order valence-corrected chi connectivity index (χ1v) is 8.25. The zero-order valence-corrected chi connectivity index (χ0v) is 14.7. The van der Waals surface area contributed by atoms with E-state index in [1.165, 1.54) is 7.11 Å². The molecule has 3 rings (SSSR count). The Kier molecular flexibility index (Phi) is 3.91. The number of para-hydroxylation sites is 1. The normalized spacial score (nSPS) is 34.1. The van der Waals surface area contributed by atoms with Crippen molar-refractivity contribution in [3.63, 3.8) is 0 Å². The fraction of sp³-hybridized carbons (Fsp3) is 0.474. The Morgan fingerprint density at radius 2 is 1.85 bits per heavy atom. The average Bonchev–Trinajstić information content (AvgIpc) is 2.84. The van der Waals surface area contributed by atoms with Crippen LogP contribution in [-0.4, -0.2) is 18.8 Å². The average molecular weight is 350 g/mol. The molecule has 2 aliphatic heterocycles. The van der Waals surface area contributed by atoms with Crippen molar-refractivity contribution in [1.29, 1.82) is 21.2 Å². The molecule has 132 valence electrons. The summed E-state index contributed by atoms with van der Waals surface area (Å²) in [6.45, 7) is 3.51. The van der Waals surface area contributed by atoms with Crippen molar-refractivity contribution >= 4 is 5.90 Å².